The number of hydrogen-bond acceptors (Lipinski definition) is 2. The smallest absolute Gasteiger partial charge is 0.270 e. The zero-order valence-corrected chi connectivity index (χ0v) is 12.4. The minimum atomic E-state index is 0.113. The van der Waals surface area contributed by atoms with Gasteiger partial charge in [-0.05, 0) is 42.2 Å². The van der Waals surface area contributed by atoms with Crippen LogP contribution >= 0.6 is 0 Å². The van der Waals surface area contributed by atoms with Gasteiger partial charge in [-0.25, -0.2) is 0 Å². The number of hydrogen-bond donors (Lipinski definition) is 1. The maximum absolute atomic E-state index is 12.7. The Labute approximate surface area is 125 Å². The number of nitrogens with two attached hydrogens (primary N) is 1. The van der Waals surface area contributed by atoms with Crippen molar-refractivity contribution in [3.8, 4) is 0 Å². The molecule has 1 aromatic heterocycles. The molecule has 1 aliphatic heterocycles. The minimum Gasteiger partial charge on any atom is -0.398 e. The summed E-state index contributed by atoms with van der Waals surface area (Å²) in [5, 5.41) is 0. The minimum absolute atomic E-state index is 0.113. The van der Waals surface area contributed by atoms with Crippen molar-refractivity contribution in [3.05, 3.63) is 53.3 Å². The van der Waals surface area contributed by atoms with E-state index in [0.29, 0.717) is 6.54 Å². The topological polar surface area (TPSA) is 51.3 Å². The second-order valence-corrected chi connectivity index (χ2v) is 5.55. The molecule has 0 unspecified atom stereocenters. The van der Waals surface area contributed by atoms with Crippen molar-refractivity contribution < 1.29 is 4.79 Å². The van der Waals surface area contributed by atoms with Crippen molar-refractivity contribution in [2.24, 2.45) is 0 Å². The molecule has 1 aliphatic rings. The molecule has 2 aromatic rings. The summed E-state index contributed by atoms with van der Waals surface area (Å²) in [4.78, 5) is 14.6. The highest BCUT2D eigenvalue weighted by atomic mass is 16.2. The van der Waals surface area contributed by atoms with Crippen LogP contribution in [0.5, 0.6) is 0 Å². The zero-order chi connectivity index (χ0) is 14.8. The Kier molecular flexibility index (Phi) is 3.69. The van der Waals surface area contributed by atoms with Crippen LogP contribution in [0.25, 0.3) is 0 Å². The third-order valence-corrected chi connectivity index (χ3v) is 4.10. The first-order valence-electron chi connectivity index (χ1n) is 7.51. The molecule has 4 nitrogen and oxygen atoms in total. The van der Waals surface area contributed by atoms with Crippen LogP contribution in [0.15, 0.2) is 36.5 Å². The molecule has 110 valence electrons. The number of aryl methyl sites for hydroxylation is 1. The lowest BCUT2D eigenvalue weighted by Crippen LogP contribution is -2.37. The molecule has 0 radical (unpaired) electrons. The summed E-state index contributed by atoms with van der Waals surface area (Å²) in [5.41, 5.74) is 10.0. The van der Waals surface area contributed by atoms with E-state index in [1.165, 1.54) is 11.1 Å². The van der Waals surface area contributed by atoms with Crippen LogP contribution < -0.4 is 5.73 Å². The average Bonchev–Trinajstić information content (AvgIpc) is 2.95. The number of nitrogen functional groups attached to an aromatic ring is 1. The fraction of sp³-hybridized carbons (Fsp3) is 0.353. The van der Waals surface area contributed by atoms with Crippen molar-refractivity contribution in [2.75, 3.05) is 12.3 Å². The van der Waals surface area contributed by atoms with Gasteiger partial charge in [-0.2, -0.15) is 0 Å². The number of nitrogens with zero attached hydrogens (tertiary/aromatic N) is 2. The SMILES string of the molecule is CCCn1cccc1C(=O)N1CCc2c(N)cccc2C1. The summed E-state index contributed by atoms with van der Waals surface area (Å²) >= 11 is 0. The van der Waals surface area contributed by atoms with Gasteiger partial charge < -0.3 is 15.2 Å². The lowest BCUT2D eigenvalue weighted by Gasteiger charge is -2.30. The predicted molar refractivity (Wildman–Crippen MR) is 84.0 cm³/mol. The second kappa shape index (κ2) is 5.64. The quantitative estimate of drug-likeness (QED) is 0.880. The third kappa shape index (κ3) is 2.53. The first kappa shape index (κ1) is 13.7. The van der Waals surface area contributed by atoms with Crippen LogP contribution in [0.4, 0.5) is 5.69 Å². The summed E-state index contributed by atoms with van der Waals surface area (Å²) in [6.45, 7) is 4.38. The Bertz CT molecular complexity index is 660. The van der Waals surface area contributed by atoms with Crippen molar-refractivity contribution in [1.29, 1.82) is 0 Å². The molecule has 2 N–H and O–H groups in total. The number of carbonyl (C=O) groups excluding carboxylic acids is 1. The highest BCUT2D eigenvalue weighted by molar-refractivity contribution is 5.93. The van der Waals surface area contributed by atoms with Crippen molar-refractivity contribution in [1.82, 2.24) is 9.47 Å². The van der Waals surface area contributed by atoms with Gasteiger partial charge in [0.25, 0.3) is 5.91 Å². The average molecular weight is 283 g/mol. The summed E-state index contributed by atoms with van der Waals surface area (Å²) < 4.78 is 2.04. The molecule has 0 aliphatic carbocycles. The van der Waals surface area contributed by atoms with E-state index >= 15 is 0 Å². The summed E-state index contributed by atoms with van der Waals surface area (Å²) in [5.74, 6) is 0.113. The number of rotatable bonds is 3. The summed E-state index contributed by atoms with van der Waals surface area (Å²) in [6, 6.07) is 9.81. The van der Waals surface area contributed by atoms with E-state index in [-0.39, 0.29) is 5.91 Å². The van der Waals surface area contributed by atoms with E-state index in [9.17, 15) is 4.79 Å². The molecule has 1 aromatic carbocycles. The molecular formula is C17H21N3O. The molecule has 21 heavy (non-hydrogen) atoms. The van der Waals surface area contributed by atoms with E-state index in [2.05, 4.69) is 13.0 Å². The number of benzene rings is 1. The first-order valence-corrected chi connectivity index (χ1v) is 7.51. The molecular weight excluding hydrogens is 262 g/mol. The van der Waals surface area contributed by atoms with Gasteiger partial charge in [0, 0.05) is 31.5 Å². The van der Waals surface area contributed by atoms with Crippen molar-refractivity contribution in [3.63, 3.8) is 0 Å². The van der Waals surface area contributed by atoms with Crippen LogP contribution in [0.3, 0.4) is 0 Å². The molecule has 2 heterocycles. The Morgan fingerprint density at radius 1 is 1.29 bits per heavy atom. The van der Waals surface area contributed by atoms with E-state index in [1.807, 2.05) is 39.9 Å². The lowest BCUT2D eigenvalue weighted by molar-refractivity contribution is 0.0723. The summed E-state index contributed by atoms with van der Waals surface area (Å²) in [7, 11) is 0. The molecule has 4 heteroatoms. The van der Waals surface area contributed by atoms with Gasteiger partial charge >= 0.3 is 0 Å². The van der Waals surface area contributed by atoms with Crippen LogP contribution in [0.1, 0.15) is 35.0 Å². The Balaban J connectivity index is 1.82. The van der Waals surface area contributed by atoms with Gasteiger partial charge in [-0.3, -0.25) is 4.79 Å². The van der Waals surface area contributed by atoms with Crippen molar-refractivity contribution in [2.45, 2.75) is 32.9 Å². The third-order valence-electron chi connectivity index (χ3n) is 4.10. The standard InChI is InChI=1S/C17H21N3O/c1-2-9-19-10-4-7-16(19)17(21)20-11-8-14-13(12-20)5-3-6-15(14)18/h3-7,10H,2,8-9,11-12,18H2,1H3. The fourth-order valence-corrected chi connectivity index (χ4v) is 3.02. The summed E-state index contributed by atoms with van der Waals surface area (Å²) in [6.07, 6.45) is 3.84. The largest absolute Gasteiger partial charge is 0.398 e. The van der Waals surface area contributed by atoms with E-state index in [0.717, 1.165) is 37.3 Å². The molecule has 0 fully saturated rings. The molecule has 3 rings (SSSR count). The molecule has 0 atom stereocenters. The number of amides is 1. The second-order valence-electron chi connectivity index (χ2n) is 5.55. The van der Waals surface area contributed by atoms with E-state index in [4.69, 9.17) is 5.73 Å². The molecule has 0 spiro atoms. The Hall–Kier alpha value is -2.23. The molecule has 1 amide bonds. The van der Waals surface area contributed by atoms with Gasteiger partial charge in [0.15, 0.2) is 0 Å². The molecule has 0 saturated carbocycles. The fourth-order valence-electron chi connectivity index (χ4n) is 3.02. The Morgan fingerprint density at radius 3 is 2.95 bits per heavy atom. The van der Waals surface area contributed by atoms with Crippen LogP contribution in [0.2, 0.25) is 0 Å². The van der Waals surface area contributed by atoms with Crippen LogP contribution in [-0.2, 0) is 19.5 Å². The van der Waals surface area contributed by atoms with Gasteiger partial charge in [0.2, 0.25) is 0 Å². The number of anilines is 1. The Morgan fingerprint density at radius 2 is 2.14 bits per heavy atom. The number of aromatic nitrogens is 1. The maximum atomic E-state index is 12.7. The zero-order valence-electron chi connectivity index (χ0n) is 12.4. The van der Waals surface area contributed by atoms with Crippen LogP contribution in [0, 0.1) is 0 Å². The van der Waals surface area contributed by atoms with Crippen molar-refractivity contribution >= 4 is 11.6 Å². The molecule has 0 saturated heterocycles. The highest BCUT2D eigenvalue weighted by Crippen LogP contribution is 2.25. The number of fused-ring (bicyclic) bond motifs is 1. The van der Waals surface area contributed by atoms with Gasteiger partial charge in [0.1, 0.15) is 5.69 Å². The van der Waals surface area contributed by atoms with Crippen LogP contribution in [-0.4, -0.2) is 21.9 Å². The first-order chi connectivity index (χ1) is 10.2. The lowest BCUT2D eigenvalue weighted by atomic mass is 9.98. The monoisotopic (exact) mass is 283 g/mol. The van der Waals surface area contributed by atoms with E-state index < -0.39 is 0 Å². The van der Waals surface area contributed by atoms with Gasteiger partial charge in [-0.15, -0.1) is 0 Å². The highest BCUT2D eigenvalue weighted by Gasteiger charge is 2.24. The van der Waals surface area contributed by atoms with E-state index in [1.54, 1.807) is 0 Å². The predicted octanol–water partition coefficient (Wildman–Crippen LogP) is 2.68. The normalized spacial score (nSPS) is 14.0. The maximum Gasteiger partial charge on any atom is 0.270 e. The van der Waals surface area contributed by atoms with Gasteiger partial charge in [-0.1, -0.05) is 19.1 Å². The molecule has 0 bridgehead atoms. The number of carbonyl (C=O) groups is 1. The van der Waals surface area contributed by atoms with Gasteiger partial charge in [0.05, 0.1) is 0 Å².